The second-order valence-corrected chi connectivity index (χ2v) is 18.9. The Balaban J connectivity index is 1.21. The molecule has 6 aromatic rings. The van der Waals surface area contributed by atoms with Crippen LogP contribution in [-0.4, -0.2) is 6.71 Å². The summed E-state index contributed by atoms with van der Waals surface area (Å²) in [5.74, 6) is 2.69. The van der Waals surface area contributed by atoms with E-state index in [1.54, 1.807) is 0 Å². The lowest BCUT2D eigenvalue weighted by Crippen LogP contribution is -2.61. The molecule has 4 heteroatoms. The van der Waals surface area contributed by atoms with Crippen LogP contribution in [0.2, 0.25) is 0 Å². The maximum absolute atomic E-state index is 7.29. The van der Waals surface area contributed by atoms with Crippen molar-refractivity contribution in [2.75, 3.05) is 9.80 Å². The zero-order valence-electron chi connectivity index (χ0n) is 32.8. The second-order valence-electron chi connectivity index (χ2n) is 18.9. The molecule has 3 aliphatic carbocycles. The van der Waals surface area contributed by atoms with Crippen molar-refractivity contribution >= 4 is 68.4 Å². The number of aryl methyl sites for hydroxylation is 2. The molecular formula is C50H51BN2O. The molecule has 2 bridgehead atoms. The zero-order chi connectivity index (χ0) is 36.7. The summed E-state index contributed by atoms with van der Waals surface area (Å²) in [4.78, 5) is 5.13. The van der Waals surface area contributed by atoms with E-state index in [1.807, 2.05) is 0 Å². The van der Waals surface area contributed by atoms with Crippen molar-refractivity contribution in [3.63, 3.8) is 0 Å². The molecule has 270 valence electrons. The summed E-state index contributed by atoms with van der Waals surface area (Å²) in [6.45, 7) is 14.3. The van der Waals surface area contributed by atoms with Gasteiger partial charge in [-0.05, 0) is 162 Å². The Kier molecular flexibility index (Phi) is 6.92. The fourth-order valence-corrected chi connectivity index (χ4v) is 11.8. The van der Waals surface area contributed by atoms with Crippen LogP contribution in [0.25, 0.3) is 11.0 Å². The number of nitrogens with zero attached hydrogens (tertiary/aromatic N) is 2. The van der Waals surface area contributed by atoms with Crippen molar-refractivity contribution in [2.24, 2.45) is 17.8 Å². The van der Waals surface area contributed by atoms with Gasteiger partial charge in [-0.25, -0.2) is 0 Å². The SMILES string of the molecule is Cc1cccc(C)c1N1c2cc3c(cc2B2c4oc5ccc(CC6CC7CCC6C7)cc5c4N(c4ccccc4)c4cccc1c42)C(C)(C)CCC3(C)C. The number of hydrogen-bond donors (Lipinski definition) is 0. The highest BCUT2D eigenvalue weighted by atomic mass is 16.3. The molecule has 0 saturated heterocycles. The number of fused-ring (bicyclic) bond motifs is 9. The van der Waals surface area contributed by atoms with Gasteiger partial charge in [0.1, 0.15) is 5.58 Å². The van der Waals surface area contributed by atoms with Gasteiger partial charge in [-0.15, -0.1) is 0 Å². The summed E-state index contributed by atoms with van der Waals surface area (Å²) in [6, 6.07) is 37.1. The molecule has 2 fully saturated rings. The molecule has 5 aliphatic rings. The molecule has 3 nitrogen and oxygen atoms in total. The second kappa shape index (κ2) is 11.4. The molecule has 2 saturated carbocycles. The highest BCUT2D eigenvalue weighted by molar-refractivity contribution is 7.00. The van der Waals surface area contributed by atoms with Crippen LogP contribution in [0.4, 0.5) is 34.1 Å². The van der Waals surface area contributed by atoms with Gasteiger partial charge in [0.2, 0.25) is 0 Å². The summed E-state index contributed by atoms with van der Waals surface area (Å²) in [5, 5.41) is 1.24. The summed E-state index contributed by atoms with van der Waals surface area (Å²) >= 11 is 0. The highest BCUT2D eigenvalue weighted by Gasteiger charge is 2.49. The predicted octanol–water partition coefficient (Wildman–Crippen LogP) is 11.5. The molecule has 11 rings (SSSR count). The Morgan fingerprint density at radius 3 is 2.09 bits per heavy atom. The predicted molar refractivity (Wildman–Crippen MR) is 228 cm³/mol. The first-order chi connectivity index (χ1) is 26.1. The maximum Gasteiger partial charge on any atom is 0.297 e. The molecule has 0 spiro atoms. The molecule has 54 heavy (non-hydrogen) atoms. The number of hydrogen-bond acceptors (Lipinski definition) is 3. The third-order valence-corrected chi connectivity index (χ3v) is 14.7. The van der Waals surface area contributed by atoms with Crippen LogP contribution in [0.1, 0.15) is 94.0 Å². The van der Waals surface area contributed by atoms with E-state index in [4.69, 9.17) is 4.42 Å². The lowest BCUT2D eigenvalue weighted by molar-refractivity contribution is 0.331. The van der Waals surface area contributed by atoms with Crippen molar-refractivity contribution in [3.8, 4) is 0 Å². The van der Waals surface area contributed by atoms with E-state index in [-0.39, 0.29) is 17.5 Å². The summed E-state index contributed by atoms with van der Waals surface area (Å²) in [6.07, 6.45) is 9.28. The Morgan fingerprint density at radius 2 is 1.39 bits per heavy atom. The molecule has 3 unspecified atom stereocenters. The van der Waals surface area contributed by atoms with Gasteiger partial charge in [0.05, 0.1) is 17.0 Å². The van der Waals surface area contributed by atoms with Crippen LogP contribution < -0.4 is 26.4 Å². The minimum Gasteiger partial charge on any atom is -0.468 e. The van der Waals surface area contributed by atoms with Gasteiger partial charge < -0.3 is 14.2 Å². The summed E-state index contributed by atoms with van der Waals surface area (Å²) in [5.41, 5.74) is 19.4. The Hall–Kier alpha value is -4.70. The molecule has 5 aromatic carbocycles. The number of rotatable bonds is 4. The normalized spacial score (nSPS) is 22.6. The van der Waals surface area contributed by atoms with Gasteiger partial charge >= 0.3 is 0 Å². The van der Waals surface area contributed by atoms with Gasteiger partial charge in [0.25, 0.3) is 6.71 Å². The van der Waals surface area contributed by atoms with E-state index in [0.29, 0.717) is 0 Å². The first kappa shape index (κ1) is 32.7. The van der Waals surface area contributed by atoms with Crippen LogP contribution in [-0.2, 0) is 17.3 Å². The van der Waals surface area contributed by atoms with Crippen LogP contribution >= 0.6 is 0 Å². The van der Waals surface area contributed by atoms with Gasteiger partial charge in [0.15, 0.2) is 0 Å². The number of para-hydroxylation sites is 2. The summed E-state index contributed by atoms with van der Waals surface area (Å²) in [7, 11) is 0. The number of benzene rings is 5. The Morgan fingerprint density at radius 1 is 0.685 bits per heavy atom. The van der Waals surface area contributed by atoms with E-state index in [2.05, 4.69) is 148 Å². The van der Waals surface area contributed by atoms with E-state index >= 15 is 0 Å². The van der Waals surface area contributed by atoms with E-state index < -0.39 is 0 Å². The molecule has 0 amide bonds. The Labute approximate surface area is 321 Å². The topological polar surface area (TPSA) is 19.6 Å². The largest absolute Gasteiger partial charge is 0.468 e. The minimum absolute atomic E-state index is 0.0331. The van der Waals surface area contributed by atoms with E-state index in [9.17, 15) is 0 Å². The molecule has 3 heterocycles. The third kappa shape index (κ3) is 4.61. The molecule has 0 N–H and O–H groups in total. The summed E-state index contributed by atoms with van der Waals surface area (Å²) < 4.78 is 7.29. The zero-order valence-corrected chi connectivity index (χ0v) is 32.8. The quantitative estimate of drug-likeness (QED) is 0.170. The maximum atomic E-state index is 7.29. The molecule has 3 atom stereocenters. The third-order valence-electron chi connectivity index (χ3n) is 14.7. The van der Waals surface area contributed by atoms with E-state index in [1.165, 1.54) is 123 Å². The first-order valence-electron chi connectivity index (χ1n) is 20.7. The molecule has 2 aliphatic heterocycles. The van der Waals surface area contributed by atoms with Crippen LogP contribution in [0.3, 0.4) is 0 Å². The molecule has 1 aromatic heterocycles. The standard InChI is InChI=1S/C50H51BN2O/c1-30-12-10-13-31(2)46(30)53-42-17-11-16-41-45(42)51(40-28-38-39(29-43(40)53)50(5,6)23-22-49(38,3)4)48-47(52(41)36-14-8-7-9-15-36)37-27-33(19-21-44(37)54-48)26-35-25-32-18-20-34(35)24-32/h7-17,19,21,27-29,32,34-35H,18,20,22-26H2,1-6H3. The first-order valence-corrected chi connectivity index (χ1v) is 20.7. The van der Waals surface area contributed by atoms with Gasteiger partial charge in [-0.3, -0.25) is 0 Å². The van der Waals surface area contributed by atoms with Gasteiger partial charge in [-0.1, -0.05) is 88.7 Å². The molecular weight excluding hydrogens is 655 g/mol. The van der Waals surface area contributed by atoms with Crippen LogP contribution in [0.5, 0.6) is 0 Å². The minimum atomic E-state index is -0.0331. The van der Waals surface area contributed by atoms with Crippen LogP contribution in [0, 0.1) is 31.6 Å². The van der Waals surface area contributed by atoms with Gasteiger partial charge in [-0.2, -0.15) is 0 Å². The fraction of sp³-hybridized carbons (Fsp3) is 0.360. The van der Waals surface area contributed by atoms with Crippen molar-refractivity contribution in [3.05, 3.63) is 125 Å². The van der Waals surface area contributed by atoms with E-state index in [0.717, 1.165) is 29.0 Å². The average molecular weight is 707 g/mol. The highest BCUT2D eigenvalue weighted by Crippen LogP contribution is 2.53. The monoisotopic (exact) mass is 706 g/mol. The van der Waals surface area contributed by atoms with Crippen molar-refractivity contribution in [2.45, 2.75) is 97.3 Å². The number of anilines is 6. The lowest BCUT2D eigenvalue weighted by atomic mass is 9.35. The number of furan rings is 1. The smallest absolute Gasteiger partial charge is 0.297 e. The lowest BCUT2D eigenvalue weighted by Gasteiger charge is -2.46. The van der Waals surface area contributed by atoms with Crippen molar-refractivity contribution < 1.29 is 4.42 Å². The fourth-order valence-electron chi connectivity index (χ4n) is 11.8. The van der Waals surface area contributed by atoms with Gasteiger partial charge in [0, 0.05) is 28.1 Å². The van der Waals surface area contributed by atoms with Crippen LogP contribution in [0.15, 0.2) is 101 Å². The molecule has 0 radical (unpaired) electrons. The van der Waals surface area contributed by atoms with Crippen molar-refractivity contribution in [1.29, 1.82) is 0 Å². The van der Waals surface area contributed by atoms with Crippen molar-refractivity contribution in [1.82, 2.24) is 0 Å². The average Bonchev–Trinajstić information content (AvgIpc) is 3.89. The Bertz CT molecular complexity index is 2490.